The number of hydrogen-bond donors (Lipinski definition) is 3. The van der Waals surface area contributed by atoms with Gasteiger partial charge in [0.2, 0.25) is 24.1 Å². The molecule has 1 aliphatic rings. The Bertz CT molecular complexity index is 1270. The molecule has 0 spiro atoms. The molecule has 9 nitrogen and oxygen atoms in total. The molecule has 41 heavy (non-hydrogen) atoms. The molecular weight excluding hydrogens is 522 g/mol. The van der Waals surface area contributed by atoms with Crippen LogP contribution in [0.2, 0.25) is 0 Å². The van der Waals surface area contributed by atoms with Gasteiger partial charge in [0.1, 0.15) is 11.7 Å². The molecule has 0 radical (unpaired) electrons. The summed E-state index contributed by atoms with van der Waals surface area (Å²) >= 11 is 0. The van der Waals surface area contributed by atoms with E-state index in [-0.39, 0.29) is 30.6 Å². The predicted molar refractivity (Wildman–Crippen MR) is 156 cm³/mol. The second-order valence-electron chi connectivity index (χ2n) is 10.9. The number of hydrogen-bond acceptors (Lipinski definition) is 6. The van der Waals surface area contributed by atoms with Crippen LogP contribution >= 0.6 is 0 Å². The van der Waals surface area contributed by atoms with E-state index in [1.54, 1.807) is 33.8 Å². The summed E-state index contributed by atoms with van der Waals surface area (Å²) in [5.74, 6) is -3.12. The third-order valence-corrected chi connectivity index (χ3v) is 7.02. The third kappa shape index (κ3) is 8.86. The predicted octanol–water partition coefficient (Wildman–Crippen LogP) is 3.53. The van der Waals surface area contributed by atoms with E-state index in [0.29, 0.717) is 12.2 Å². The van der Waals surface area contributed by atoms with Crippen LogP contribution in [0.25, 0.3) is 6.08 Å². The summed E-state index contributed by atoms with van der Waals surface area (Å²) in [4.78, 5) is 63.0. The first-order valence-corrected chi connectivity index (χ1v) is 14.0. The number of ketones is 1. The van der Waals surface area contributed by atoms with E-state index in [1.807, 2.05) is 48.5 Å². The van der Waals surface area contributed by atoms with Gasteiger partial charge in [-0.3, -0.25) is 29.3 Å². The molecular formula is C32H39N3O6. The van der Waals surface area contributed by atoms with E-state index in [0.717, 1.165) is 29.7 Å². The highest BCUT2D eigenvalue weighted by atomic mass is 16.5. The van der Waals surface area contributed by atoms with Crippen LogP contribution in [-0.2, 0) is 30.4 Å². The molecule has 0 aromatic heterocycles. The lowest BCUT2D eigenvalue weighted by molar-refractivity contribution is -0.140. The van der Waals surface area contributed by atoms with Crippen LogP contribution < -0.4 is 20.7 Å². The van der Waals surface area contributed by atoms with Crippen LogP contribution in [0.4, 0.5) is 0 Å². The van der Waals surface area contributed by atoms with Crippen LogP contribution in [0.3, 0.4) is 0 Å². The van der Waals surface area contributed by atoms with Gasteiger partial charge in [0.15, 0.2) is 5.78 Å². The molecule has 2 aromatic carbocycles. The van der Waals surface area contributed by atoms with Crippen molar-refractivity contribution in [3.05, 3.63) is 71.3 Å². The molecule has 0 saturated carbocycles. The van der Waals surface area contributed by atoms with Crippen LogP contribution in [0.15, 0.2) is 54.6 Å². The maximum atomic E-state index is 13.4. The van der Waals surface area contributed by atoms with Crippen molar-refractivity contribution in [3.63, 3.8) is 0 Å². The topological polar surface area (TPSA) is 131 Å². The van der Waals surface area contributed by atoms with Crippen LogP contribution in [0.5, 0.6) is 5.75 Å². The highest BCUT2D eigenvalue weighted by Crippen LogP contribution is 2.29. The molecule has 0 aliphatic carbocycles. The van der Waals surface area contributed by atoms with Gasteiger partial charge >= 0.3 is 0 Å². The molecule has 1 unspecified atom stereocenters. The Morgan fingerprint density at radius 3 is 2.34 bits per heavy atom. The molecule has 0 fully saturated rings. The summed E-state index contributed by atoms with van der Waals surface area (Å²) < 4.78 is 5.81. The Labute approximate surface area is 241 Å². The lowest BCUT2D eigenvalue weighted by Crippen LogP contribution is -2.51. The van der Waals surface area contributed by atoms with Gasteiger partial charge in [-0.15, -0.1) is 0 Å². The molecule has 9 heteroatoms. The number of imide groups is 1. The number of fused-ring (bicyclic) bond motifs is 1. The Morgan fingerprint density at radius 2 is 1.68 bits per heavy atom. The zero-order valence-electron chi connectivity index (χ0n) is 24.0. The van der Waals surface area contributed by atoms with Gasteiger partial charge in [0.25, 0.3) is 0 Å². The molecule has 3 rings (SSSR count). The SMILES string of the molecule is CC(C)[C@@H](C(=O)NC=O)C(=O)[C@@H](NC(=O)CC(NC(=O)/C=C/c1ccccc1)c1ccc2c(c1)OCCC2)C(C)C. The zero-order valence-corrected chi connectivity index (χ0v) is 24.0. The number of nitrogens with one attached hydrogen (secondary N) is 3. The van der Waals surface area contributed by atoms with Gasteiger partial charge in [-0.25, -0.2) is 0 Å². The maximum Gasteiger partial charge on any atom is 0.244 e. The van der Waals surface area contributed by atoms with Crippen molar-refractivity contribution in [2.75, 3.05) is 6.61 Å². The smallest absolute Gasteiger partial charge is 0.244 e. The Kier molecular flexibility index (Phi) is 11.4. The first-order valence-electron chi connectivity index (χ1n) is 14.0. The van der Waals surface area contributed by atoms with E-state index >= 15 is 0 Å². The minimum Gasteiger partial charge on any atom is -0.493 e. The molecule has 218 valence electrons. The summed E-state index contributed by atoms with van der Waals surface area (Å²) in [6.07, 6.45) is 5.01. The average Bonchev–Trinajstić information content (AvgIpc) is 2.94. The number of rotatable bonds is 13. The highest BCUT2D eigenvalue weighted by Gasteiger charge is 2.37. The summed E-state index contributed by atoms with van der Waals surface area (Å²) in [7, 11) is 0. The number of carbonyl (C=O) groups is 5. The number of carbonyl (C=O) groups excluding carboxylic acids is 5. The molecule has 4 amide bonds. The molecule has 3 atom stereocenters. The van der Waals surface area contributed by atoms with Crippen molar-refractivity contribution in [3.8, 4) is 5.75 Å². The fraction of sp³-hybridized carbons (Fsp3) is 0.406. The first kappa shape index (κ1) is 31.3. The Hall–Kier alpha value is -4.27. The van der Waals surface area contributed by atoms with Gasteiger partial charge in [0, 0.05) is 6.08 Å². The summed E-state index contributed by atoms with van der Waals surface area (Å²) in [6.45, 7) is 7.55. The van der Waals surface area contributed by atoms with Crippen molar-refractivity contribution >= 4 is 36.0 Å². The van der Waals surface area contributed by atoms with Crippen molar-refractivity contribution in [2.45, 2.75) is 59.0 Å². The lowest BCUT2D eigenvalue weighted by atomic mass is 9.83. The minimum atomic E-state index is -1.11. The molecule has 1 heterocycles. The second-order valence-corrected chi connectivity index (χ2v) is 10.9. The number of amides is 4. The fourth-order valence-corrected chi connectivity index (χ4v) is 4.87. The van der Waals surface area contributed by atoms with Gasteiger partial charge in [-0.05, 0) is 53.5 Å². The Morgan fingerprint density at radius 1 is 0.951 bits per heavy atom. The van der Waals surface area contributed by atoms with E-state index < -0.39 is 35.6 Å². The standard InChI is InChI=1S/C32H39N3O6/c1-20(2)29(32(40)33-19-36)31(39)30(21(3)4)35-28(38)18-25(24-14-13-23-11-8-16-41-26(23)17-24)34-27(37)15-12-22-9-6-5-7-10-22/h5-7,9-10,12-15,17,19-21,25,29-30H,8,11,16,18H2,1-4H3,(H,34,37)(H,35,38)(H,33,36,40)/b15-12+/t25?,29-,30+/m1/s1. The number of benzene rings is 2. The minimum absolute atomic E-state index is 0.146. The van der Waals surface area contributed by atoms with Crippen molar-refractivity contribution in [1.29, 1.82) is 0 Å². The van der Waals surface area contributed by atoms with Gasteiger partial charge in [-0.1, -0.05) is 70.2 Å². The summed E-state index contributed by atoms with van der Waals surface area (Å²) in [5.41, 5.74) is 2.62. The van der Waals surface area contributed by atoms with Crippen molar-refractivity contribution in [1.82, 2.24) is 16.0 Å². The van der Waals surface area contributed by atoms with Gasteiger partial charge in [0.05, 0.1) is 25.1 Å². The first-order chi connectivity index (χ1) is 19.6. The molecule has 2 aromatic rings. The van der Waals surface area contributed by atoms with E-state index in [2.05, 4.69) is 16.0 Å². The summed E-state index contributed by atoms with van der Waals surface area (Å²) in [6, 6.07) is 13.4. The monoisotopic (exact) mass is 561 g/mol. The van der Waals surface area contributed by atoms with E-state index in [1.165, 1.54) is 6.08 Å². The van der Waals surface area contributed by atoms with Crippen molar-refractivity contribution < 1.29 is 28.7 Å². The summed E-state index contributed by atoms with van der Waals surface area (Å²) in [5, 5.41) is 7.76. The molecule has 0 saturated heterocycles. The fourth-order valence-electron chi connectivity index (χ4n) is 4.87. The highest BCUT2D eigenvalue weighted by molar-refractivity contribution is 6.07. The number of aryl methyl sites for hydroxylation is 1. The van der Waals surface area contributed by atoms with Crippen LogP contribution in [-0.4, -0.2) is 42.6 Å². The average molecular weight is 562 g/mol. The van der Waals surface area contributed by atoms with Crippen molar-refractivity contribution in [2.24, 2.45) is 17.8 Å². The normalized spacial score (nSPS) is 14.9. The van der Waals surface area contributed by atoms with E-state index in [9.17, 15) is 24.0 Å². The second kappa shape index (κ2) is 14.9. The molecule has 0 bridgehead atoms. The van der Waals surface area contributed by atoms with Crippen LogP contribution in [0.1, 0.15) is 63.3 Å². The van der Waals surface area contributed by atoms with Gasteiger partial charge in [-0.2, -0.15) is 0 Å². The molecule has 1 aliphatic heterocycles. The Balaban J connectivity index is 1.82. The lowest BCUT2D eigenvalue weighted by Gasteiger charge is -2.28. The van der Waals surface area contributed by atoms with Crippen LogP contribution in [0, 0.1) is 17.8 Å². The van der Waals surface area contributed by atoms with E-state index in [4.69, 9.17) is 4.74 Å². The third-order valence-electron chi connectivity index (χ3n) is 7.02. The molecule has 3 N–H and O–H groups in total. The number of Topliss-reactive ketones (excluding diaryl/α,β-unsaturated/α-hetero) is 1. The largest absolute Gasteiger partial charge is 0.493 e. The quantitative estimate of drug-likeness (QED) is 0.195. The maximum absolute atomic E-state index is 13.4. The van der Waals surface area contributed by atoms with Gasteiger partial charge < -0.3 is 15.4 Å². The number of ether oxygens (including phenoxy) is 1. The zero-order chi connectivity index (χ0) is 29.9.